The third-order valence-electron chi connectivity index (χ3n) is 4.26. The lowest BCUT2D eigenvalue weighted by Gasteiger charge is -2.20. The van der Waals surface area contributed by atoms with Crippen molar-refractivity contribution in [3.63, 3.8) is 0 Å². The van der Waals surface area contributed by atoms with E-state index in [0.717, 1.165) is 17.8 Å². The van der Waals surface area contributed by atoms with E-state index in [-0.39, 0.29) is 17.9 Å². The predicted octanol–water partition coefficient (Wildman–Crippen LogP) is 3.09. The summed E-state index contributed by atoms with van der Waals surface area (Å²) in [5.41, 5.74) is 0. The zero-order valence-corrected chi connectivity index (χ0v) is 12.2. The highest BCUT2D eigenvalue weighted by Crippen LogP contribution is 2.43. The molecule has 3 rings (SSSR count). The van der Waals surface area contributed by atoms with Crippen molar-refractivity contribution in [1.82, 2.24) is 10.3 Å². The van der Waals surface area contributed by atoms with Crippen molar-refractivity contribution in [2.45, 2.75) is 39.2 Å². The number of nitrogens with zero attached hydrogens (tertiary/aromatic N) is 1. The molecular formula is C15H20N2OS. The molecule has 1 saturated carbocycles. The van der Waals surface area contributed by atoms with E-state index in [9.17, 15) is 4.79 Å². The fourth-order valence-corrected chi connectivity index (χ4v) is 4.01. The Balaban J connectivity index is 1.61. The van der Waals surface area contributed by atoms with E-state index in [1.165, 1.54) is 11.3 Å². The molecule has 0 saturated heterocycles. The summed E-state index contributed by atoms with van der Waals surface area (Å²) < 4.78 is 0. The van der Waals surface area contributed by atoms with Crippen LogP contribution in [0.15, 0.2) is 18.3 Å². The molecule has 1 heterocycles. The van der Waals surface area contributed by atoms with Gasteiger partial charge < -0.3 is 5.32 Å². The molecule has 1 fully saturated rings. The number of thiazole rings is 1. The van der Waals surface area contributed by atoms with Gasteiger partial charge in [-0.25, -0.2) is 4.98 Å². The van der Waals surface area contributed by atoms with Crippen LogP contribution in [0.4, 0.5) is 0 Å². The van der Waals surface area contributed by atoms with Crippen LogP contribution in [-0.4, -0.2) is 10.9 Å². The van der Waals surface area contributed by atoms with Gasteiger partial charge in [-0.3, -0.25) is 4.79 Å². The Morgan fingerprint density at radius 2 is 2.37 bits per heavy atom. The standard InChI is InChI=1S/C15H20N2OS/c1-3-12-8-16-15(19-12)9(2)17-14(18)13-7-10-4-5-11(13)6-10/h4-5,8-11,13H,3,6-7H2,1-2H3,(H,17,18)/t9-,10-,11-,13-/m0/s1. The molecule has 4 atom stereocenters. The molecule has 0 unspecified atom stereocenters. The van der Waals surface area contributed by atoms with E-state index in [1.54, 1.807) is 11.3 Å². The van der Waals surface area contributed by atoms with Crippen LogP contribution >= 0.6 is 11.3 Å². The predicted molar refractivity (Wildman–Crippen MR) is 76.9 cm³/mol. The lowest BCUT2D eigenvalue weighted by molar-refractivity contribution is -0.126. The number of nitrogens with one attached hydrogen (secondary N) is 1. The summed E-state index contributed by atoms with van der Waals surface area (Å²) in [5.74, 6) is 1.50. The van der Waals surface area contributed by atoms with Gasteiger partial charge >= 0.3 is 0 Å². The quantitative estimate of drug-likeness (QED) is 0.859. The molecule has 1 amide bonds. The van der Waals surface area contributed by atoms with Gasteiger partial charge in [0.2, 0.25) is 5.91 Å². The topological polar surface area (TPSA) is 42.0 Å². The Labute approximate surface area is 118 Å². The number of allylic oxidation sites excluding steroid dienone is 2. The molecule has 4 heteroatoms. The maximum Gasteiger partial charge on any atom is 0.224 e. The van der Waals surface area contributed by atoms with E-state index in [0.29, 0.717) is 11.8 Å². The summed E-state index contributed by atoms with van der Waals surface area (Å²) in [6.45, 7) is 4.15. The van der Waals surface area contributed by atoms with Crippen LogP contribution in [0.3, 0.4) is 0 Å². The highest BCUT2D eigenvalue weighted by atomic mass is 32.1. The van der Waals surface area contributed by atoms with Gasteiger partial charge in [-0.1, -0.05) is 19.1 Å². The molecule has 19 heavy (non-hydrogen) atoms. The molecule has 0 spiro atoms. The van der Waals surface area contributed by atoms with Gasteiger partial charge in [-0.05, 0) is 38.0 Å². The summed E-state index contributed by atoms with van der Waals surface area (Å²) >= 11 is 1.70. The van der Waals surface area contributed by atoms with Gasteiger partial charge in [0, 0.05) is 17.0 Å². The third-order valence-corrected chi connectivity index (χ3v) is 5.59. The highest BCUT2D eigenvalue weighted by molar-refractivity contribution is 7.11. The Morgan fingerprint density at radius 3 is 2.95 bits per heavy atom. The molecule has 0 aliphatic heterocycles. The second-order valence-electron chi connectivity index (χ2n) is 5.64. The average molecular weight is 276 g/mol. The van der Waals surface area contributed by atoms with Crippen LogP contribution in [0, 0.1) is 17.8 Å². The minimum atomic E-state index is 0.0286. The molecule has 1 N–H and O–H groups in total. The summed E-state index contributed by atoms with van der Waals surface area (Å²) in [7, 11) is 0. The maximum absolute atomic E-state index is 12.3. The number of carbonyl (C=O) groups is 1. The molecule has 3 nitrogen and oxygen atoms in total. The number of hydrogen-bond donors (Lipinski definition) is 1. The van der Waals surface area contributed by atoms with Crippen molar-refractivity contribution in [2.24, 2.45) is 17.8 Å². The van der Waals surface area contributed by atoms with E-state index >= 15 is 0 Å². The Hall–Kier alpha value is -1.16. The number of aromatic nitrogens is 1. The number of fused-ring (bicyclic) bond motifs is 2. The summed E-state index contributed by atoms with van der Waals surface area (Å²) in [5, 5.41) is 4.15. The van der Waals surface area contributed by atoms with Crippen LogP contribution in [-0.2, 0) is 11.2 Å². The molecule has 0 aromatic carbocycles. The monoisotopic (exact) mass is 276 g/mol. The second-order valence-corrected chi connectivity index (χ2v) is 6.78. The van der Waals surface area contributed by atoms with Gasteiger partial charge in [-0.2, -0.15) is 0 Å². The molecule has 102 valence electrons. The summed E-state index contributed by atoms with van der Waals surface area (Å²) in [6, 6.07) is 0.0286. The molecular weight excluding hydrogens is 256 g/mol. The van der Waals surface area contributed by atoms with Gasteiger partial charge in [0.05, 0.1) is 6.04 Å². The third kappa shape index (κ3) is 2.46. The smallest absolute Gasteiger partial charge is 0.224 e. The number of hydrogen-bond acceptors (Lipinski definition) is 3. The first-order valence-corrected chi connectivity index (χ1v) is 7.92. The Bertz CT molecular complexity index is 508. The van der Waals surface area contributed by atoms with E-state index in [4.69, 9.17) is 0 Å². The van der Waals surface area contributed by atoms with Crippen molar-refractivity contribution in [2.75, 3.05) is 0 Å². The lowest BCUT2D eigenvalue weighted by atomic mass is 9.92. The zero-order valence-electron chi connectivity index (χ0n) is 11.4. The lowest BCUT2D eigenvalue weighted by Crippen LogP contribution is -2.34. The fourth-order valence-electron chi connectivity index (χ4n) is 3.15. The van der Waals surface area contributed by atoms with Crippen molar-refractivity contribution >= 4 is 17.2 Å². The minimum Gasteiger partial charge on any atom is -0.347 e. The number of rotatable bonds is 4. The van der Waals surface area contributed by atoms with Crippen molar-refractivity contribution < 1.29 is 4.79 Å². The Kier molecular flexibility index (Phi) is 3.44. The van der Waals surface area contributed by atoms with Crippen LogP contribution in [0.1, 0.15) is 42.6 Å². The SMILES string of the molecule is CCc1cnc([C@H](C)NC(=O)[C@H]2C[C@H]3C=C[C@H]2C3)s1. The largest absolute Gasteiger partial charge is 0.347 e. The summed E-state index contributed by atoms with van der Waals surface area (Å²) in [6.07, 6.45) is 9.62. The number of carbonyl (C=O) groups excluding carboxylic acids is 1. The molecule has 2 aliphatic carbocycles. The minimum absolute atomic E-state index is 0.0286. The van der Waals surface area contributed by atoms with E-state index in [1.807, 2.05) is 13.1 Å². The molecule has 2 aliphatic rings. The maximum atomic E-state index is 12.3. The van der Waals surface area contributed by atoms with Crippen LogP contribution in [0.25, 0.3) is 0 Å². The van der Waals surface area contributed by atoms with Gasteiger partial charge in [0.15, 0.2) is 0 Å². The second kappa shape index (κ2) is 5.08. The average Bonchev–Trinajstić information content (AvgIpc) is 3.13. The van der Waals surface area contributed by atoms with Gasteiger partial charge in [0.1, 0.15) is 5.01 Å². The van der Waals surface area contributed by atoms with Gasteiger partial charge in [0.25, 0.3) is 0 Å². The molecule has 1 aromatic rings. The van der Waals surface area contributed by atoms with Gasteiger partial charge in [-0.15, -0.1) is 11.3 Å². The molecule has 0 radical (unpaired) electrons. The highest BCUT2D eigenvalue weighted by Gasteiger charge is 2.40. The Morgan fingerprint density at radius 1 is 1.53 bits per heavy atom. The van der Waals surface area contributed by atoms with Crippen LogP contribution in [0.5, 0.6) is 0 Å². The van der Waals surface area contributed by atoms with Crippen LogP contribution < -0.4 is 5.32 Å². The van der Waals surface area contributed by atoms with Crippen molar-refractivity contribution in [3.05, 3.63) is 28.2 Å². The first kappa shape index (κ1) is 12.9. The summed E-state index contributed by atoms with van der Waals surface area (Å²) in [4.78, 5) is 18.0. The van der Waals surface area contributed by atoms with Crippen molar-refractivity contribution in [3.8, 4) is 0 Å². The van der Waals surface area contributed by atoms with E-state index < -0.39 is 0 Å². The van der Waals surface area contributed by atoms with Crippen molar-refractivity contribution in [1.29, 1.82) is 0 Å². The van der Waals surface area contributed by atoms with E-state index in [2.05, 4.69) is 29.4 Å². The number of aryl methyl sites for hydroxylation is 1. The number of amides is 1. The molecule has 1 aromatic heterocycles. The molecule has 2 bridgehead atoms. The first-order valence-electron chi connectivity index (χ1n) is 7.10. The first-order chi connectivity index (χ1) is 9.17. The zero-order chi connectivity index (χ0) is 13.4. The normalized spacial score (nSPS) is 29.7. The van der Waals surface area contributed by atoms with Crippen LogP contribution in [0.2, 0.25) is 0 Å². The fraction of sp³-hybridized carbons (Fsp3) is 0.600.